The van der Waals surface area contributed by atoms with Crippen molar-refractivity contribution in [2.45, 2.75) is 25.3 Å². The maximum Gasteiger partial charge on any atom is 0.228 e. The fraction of sp³-hybridized carbons (Fsp3) is 0.200. The number of aryl methyl sites for hydroxylation is 1. The van der Waals surface area contributed by atoms with Gasteiger partial charge >= 0.3 is 0 Å². The Kier molecular flexibility index (Phi) is 3.98. The Hall–Kier alpha value is -3.08. The summed E-state index contributed by atoms with van der Waals surface area (Å²) in [5, 5.41) is 13.0. The maximum atomic E-state index is 12.5. The normalized spacial score (nSPS) is 15.8. The Morgan fingerprint density at radius 2 is 2.04 bits per heavy atom. The van der Waals surface area contributed by atoms with Crippen molar-refractivity contribution in [3.8, 4) is 17.0 Å². The smallest absolute Gasteiger partial charge is 0.228 e. The number of nitrogens with one attached hydrogen (secondary N) is 2. The van der Waals surface area contributed by atoms with E-state index < -0.39 is 0 Å². The number of amides is 1. The zero-order valence-corrected chi connectivity index (χ0v) is 13.7. The van der Waals surface area contributed by atoms with Crippen molar-refractivity contribution in [2.75, 3.05) is 0 Å². The largest absolute Gasteiger partial charge is 0.508 e. The van der Waals surface area contributed by atoms with Gasteiger partial charge in [0.25, 0.3) is 0 Å². The number of phenolic OH excluding ortho intramolecular Hbond substituents is 1. The predicted octanol–water partition coefficient (Wildman–Crippen LogP) is 3.13. The van der Waals surface area contributed by atoms with Crippen LogP contribution in [0.4, 0.5) is 0 Å². The monoisotopic (exact) mass is 333 g/mol. The number of carbonyl (C=O) groups excluding carboxylic acids is 1. The van der Waals surface area contributed by atoms with Crippen molar-refractivity contribution in [1.29, 1.82) is 0 Å². The first-order chi connectivity index (χ1) is 12.2. The molecule has 1 aromatic heterocycles. The number of hydrogen-bond donors (Lipinski definition) is 3. The molecule has 0 fully saturated rings. The van der Waals surface area contributed by atoms with Gasteiger partial charge in [0.05, 0.1) is 24.4 Å². The first kappa shape index (κ1) is 15.4. The van der Waals surface area contributed by atoms with E-state index in [1.54, 1.807) is 12.3 Å². The summed E-state index contributed by atoms with van der Waals surface area (Å²) in [5.74, 6) is 0.555. The summed E-state index contributed by atoms with van der Waals surface area (Å²) in [4.78, 5) is 20.1. The summed E-state index contributed by atoms with van der Waals surface area (Å²) < 4.78 is 0. The van der Waals surface area contributed by atoms with Crippen LogP contribution in [0, 0.1) is 0 Å². The average Bonchev–Trinajstić information content (AvgIpc) is 3.28. The summed E-state index contributed by atoms with van der Waals surface area (Å²) in [6, 6.07) is 15.4. The van der Waals surface area contributed by atoms with Crippen molar-refractivity contribution in [3.63, 3.8) is 0 Å². The number of aromatic amines is 1. The quantitative estimate of drug-likeness (QED) is 0.686. The summed E-state index contributed by atoms with van der Waals surface area (Å²) >= 11 is 0. The van der Waals surface area contributed by atoms with Crippen LogP contribution in [0.5, 0.6) is 5.75 Å². The van der Waals surface area contributed by atoms with Gasteiger partial charge in [0, 0.05) is 5.56 Å². The molecule has 25 heavy (non-hydrogen) atoms. The van der Waals surface area contributed by atoms with Crippen LogP contribution in [-0.4, -0.2) is 21.0 Å². The van der Waals surface area contributed by atoms with Gasteiger partial charge in [-0.05, 0) is 30.0 Å². The van der Waals surface area contributed by atoms with E-state index in [2.05, 4.69) is 15.3 Å². The van der Waals surface area contributed by atoms with Gasteiger partial charge in [-0.15, -0.1) is 0 Å². The number of fused-ring (bicyclic) bond motifs is 1. The number of rotatable bonds is 4. The van der Waals surface area contributed by atoms with E-state index in [1.165, 1.54) is 0 Å². The second kappa shape index (κ2) is 6.43. The van der Waals surface area contributed by atoms with E-state index in [4.69, 9.17) is 0 Å². The van der Waals surface area contributed by atoms with E-state index in [-0.39, 0.29) is 17.6 Å². The van der Waals surface area contributed by atoms with E-state index >= 15 is 0 Å². The van der Waals surface area contributed by atoms with E-state index in [1.807, 2.05) is 42.5 Å². The highest BCUT2D eigenvalue weighted by Crippen LogP contribution is 2.38. The number of benzene rings is 2. The number of nitrogens with zero attached hydrogens (tertiary/aromatic N) is 1. The van der Waals surface area contributed by atoms with Crippen LogP contribution in [0.2, 0.25) is 0 Å². The summed E-state index contributed by atoms with van der Waals surface area (Å²) in [6.45, 7) is 0.338. The van der Waals surface area contributed by atoms with Crippen LogP contribution in [-0.2, 0) is 17.8 Å². The minimum absolute atomic E-state index is 0.0714. The summed E-state index contributed by atoms with van der Waals surface area (Å²) in [6.07, 6.45) is 3.32. The second-order valence-corrected chi connectivity index (χ2v) is 6.27. The number of H-pyrrole nitrogens is 1. The summed E-state index contributed by atoms with van der Waals surface area (Å²) in [7, 11) is 0. The third kappa shape index (κ3) is 3.01. The molecule has 0 bridgehead atoms. The molecule has 1 aliphatic rings. The third-order valence-electron chi connectivity index (χ3n) is 4.68. The molecule has 2 aromatic carbocycles. The Bertz CT molecular complexity index is 902. The molecule has 3 aromatic rings. The van der Waals surface area contributed by atoms with E-state index in [0.717, 1.165) is 35.2 Å². The van der Waals surface area contributed by atoms with Gasteiger partial charge in [0.2, 0.25) is 5.91 Å². The minimum Gasteiger partial charge on any atom is -0.508 e. The molecule has 5 heteroatoms. The number of phenols is 1. The van der Waals surface area contributed by atoms with Gasteiger partial charge in [0.15, 0.2) is 0 Å². The van der Waals surface area contributed by atoms with Crippen LogP contribution >= 0.6 is 0 Å². The van der Waals surface area contributed by atoms with Gasteiger partial charge in [-0.3, -0.25) is 4.79 Å². The number of hydrogen-bond acceptors (Lipinski definition) is 3. The van der Waals surface area contributed by atoms with Crippen molar-refractivity contribution in [2.24, 2.45) is 0 Å². The molecule has 0 radical (unpaired) electrons. The third-order valence-corrected chi connectivity index (χ3v) is 4.68. The van der Waals surface area contributed by atoms with Gasteiger partial charge in [0.1, 0.15) is 11.6 Å². The first-order valence-corrected chi connectivity index (χ1v) is 8.40. The van der Waals surface area contributed by atoms with E-state index in [9.17, 15) is 9.90 Å². The molecule has 1 atom stereocenters. The fourth-order valence-electron chi connectivity index (χ4n) is 3.44. The topological polar surface area (TPSA) is 78.0 Å². The van der Waals surface area contributed by atoms with Gasteiger partial charge in [-0.2, -0.15) is 0 Å². The zero-order chi connectivity index (χ0) is 17.2. The van der Waals surface area contributed by atoms with Crippen molar-refractivity contribution in [3.05, 3.63) is 71.7 Å². The van der Waals surface area contributed by atoms with Crippen LogP contribution < -0.4 is 5.32 Å². The second-order valence-electron chi connectivity index (χ2n) is 6.27. The lowest BCUT2D eigenvalue weighted by atomic mass is 9.99. The van der Waals surface area contributed by atoms with Crippen molar-refractivity contribution < 1.29 is 9.90 Å². The number of aromatic hydroxyl groups is 1. The molecule has 1 heterocycles. The van der Waals surface area contributed by atoms with Gasteiger partial charge < -0.3 is 15.4 Å². The lowest BCUT2D eigenvalue weighted by molar-refractivity contribution is -0.122. The van der Waals surface area contributed by atoms with Crippen LogP contribution in [0.15, 0.2) is 54.7 Å². The molecule has 0 spiro atoms. The maximum absolute atomic E-state index is 12.5. The molecule has 3 N–H and O–H groups in total. The molecule has 0 saturated carbocycles. The Morgan fingerprint density at radius 1 is 1.20 bits per heavy atom. The first-order valence-electron chi connectivity index (χ1n) is 8.40. The Labute approximate surface area is 145 Å². The summed E-state index contributed by atoms with van der Waals surface area (Å²) in [5.41, 5.74) is 3.81. The Morgan fingerprint density at radius 3 is 2.88 bits per heavy atom. The van der Waals surface area contributed by atoms with E-state index in [0.29, 0.717) is 12.4 Å². The standard InChI is InChI=1S/C20H19N3O2/c24-17-8-4-7-14-9-10-15(19(14)17)20(25)22-12-18-21-11-16(23-18)13-5-2-1-3-6-13/h1-8,11,15,24H,9-10,12H2,(H,21,23)(H,22,25). The zero-order valence-electron chi connectivity index (χ0n) is 13.7. The highest BCUT2D eigenvalue weighted by Gasteiger charge is 2.30. The SMILES string of the molecule is O=C(NCc1ncc(-c2ccccc2)[nH]1)C1CCc2cccc(O)c21. The molecule has 0 aliphatic heterocycles. The molecule has 1 aliphatic carbocycles. The molecule has 4 rings (SSSR count). The molecule has 1 unspecified atom stereocenters. The molecule has 0 saturated heterocycles. The number of carbonyl (C=O) groups is 1. The molecular formula is C20H19N3O2. The van der Waals surface area contributed by atoms with Crippen LogP contribution in [0.3, 0.4) is 0 Å². The van der Waals surface area contributed by atoms with Crippen LogP contribution in [0.1, 0.15) is 29.3 Å². The van der Waals surface area contributed by atoms with Gasteiger partial charge in [-0.25, -0.2) is 4.98 Å². The van der Waals surface area contributed by atoms with Crippen molar-refractivity contribution >= 4 is 5.91 Å². The molecule has 1 amide bonds. The average molecular weight is 333 g/mol. The lowest BCUT2D eigenvalue weighted by Gasteiger charge is -2.12. The fourth-order valence-corrected chi connectivity index (χ4v) is 3.44. The highest BCUT2D eigenvalue weighted by molar-refractivity contribution is 5.85. The van der Waals surface area contributed by atoms with Gasteiger partial charge in [-0.1, -0.05) is 42.5 Å². The molecule has 126 valence electrons. The lowest BCUT2D eigenvalue weighted by Crippen LogP contribution is -2.28. The minimum atomic E-state index is -0.292. The Balaban J connectivity index is 1.43. The number of aromatic nitrogens is 2. The number of imidazole rings is 1. The molecular weight excluding hydrogens is 314 g/mol. The van der Waals surface area contributed by atoms with Crippen molar-refractivity contribution in [1.82, 2.24) is 15.3 Å². The van der Waals surface area contributed by atoms with Crippen LogP contribution in [0.25, 0.3) is 11.3 Å². The highest BCUT2D eigenvalue weighted by atomic mass is 16.3. The molecule has 5 nitrogen and oxygen atoms in total. The predicted molar refractivity (Wildman–Crippen MR) is 95.0 cm³/mol.